The van der Waals surface area contributed by atoms with E-state index in [1.807, 2.05) is 30.3 Å². The Morgan fingerprint density at radius 1 is 0.960 bits per heavy atom. The minimum Gasteiger partial charge on any atom is -0.335 e. The summed E-state index contributed by atoms with van der Waals surface area (Å²) in [6.45, 7) is 5.86. The van der Waals surface area contributed by atoms with Gasteiger partial charge in [0.15, 0.2) is 0 Å². The molecule has 0 spiro atoms. The van der Waals surface area contributed by atoms with Gasteiger partial charge < -0.3 is 4.90 Å². The topological polar surface area (TPSA) is 23.6 Å². The number of amides is 1. The zero-order chi connectivity index (χ0) is 17.2. The molecule has 136 valence electrons. The van der Waals surface area contributed by atoms with E-state index in [2.05, 4.69) is 16.7 Å². The lowest BCUT2D eigenvalue weighted by Gasteiger charge is -2.50. The molecule has 3 saturated heterocycles. The third kappa shape index (κ3) is 3.48. The summed E-state index contributed by atoms with van der Waals surface area (Å²) in [4.78, 5) is 18.1. The van der Waals surface area contributed by atoms with Gasteiger partial charge in [-0.3, -0.25) is 9.69 Å². The second-order valence-corrected chi connectivity index (χ2v) is 8.46. The van der Waals surface area contributed by atoms with Crippen molar-refractivity contribution in [2.75, 3.05) is 19.6 Å². The van der Waals surface area contributed by atoms with Crippen molar-refractivity contribution in [2.24, 2.45) is 11.8 Å². The Kier molecular flexibility index (Phi) is 5.12. The molecule has 4 unspecified atom stereocenters. The van der Waals surface area contributed by atoms with E-state index in [1.165, 1.54) is 51.6 Å². The van der Waals surface area contributed by atoms with Crippen molar-refractivity contribution >= 4 is 5.91 Å². The van der Waals surface area contributed by atoms with Crippen LogP contribution in [0.2, 0.25) is 0 Å². The van der Waals surface area contributed by atoms with Crippen molar-refractivity contribution in [1.29, 1.82) is 0 Å². The molecule has 25 heavy (non-hydrogen) atoms. The molecule has 3 aliphatic heterocycles. The van der Waals surface area contributed by atoms with Gasteiger partial charge in [0.05, 0.1) is 0 Å². The maximum Gasteiger partial charge on any atom is 0.254 e. The number of rotatable bonds is 2. The van der Waals surface area contributed by atoms with E-state index in [1.54, 1.807) is 0 Å². The van der Waals surface area contributed by atoms with E-state index in [-0.39, 0.29) is 5.91 Å². The van der Waals surface area contributed by atoms with Crippen LogP contribution in [0.1, 0.15) is 62.2 Å². The molecule has 1 amide bonds. The van der Waals surface area contributed by atoms with Crippen LogP contribution in [0.5, 0.6) is 0 Å². The van der Waals surface area contributed by atoms with Crippen molar-refractivity contribution in [1.82, 2.24) is 9.80 Å². The summed E-state index contributed by atoms with van der Waals surface area (Å²) in [6.07, 6.45) is 9.05. The summed E-state index contributed by atoms with van der Waals surface area (Å²) in [7, 11) is 0. The predicted molar refractivity (Wildman–Crippen MR) is 102 cm³/mol. The van der Waals surface area contributed by atoms with Crippen LogP contribution in [0.25, 0.3) is 0 Å². The van der Waals surface area contributed by atoms with Crippen LogP contribution in [-0.2, 0) is 0 Å². The molecule has 0 N–H and O–H groups in total. The smallest absolute Gasteiger partial charge is 0.254 e. The first-order valence-electron chi connectivity index (χ1n) is 10.3. The molecule has 0 aliphatic carbocycles. The molecule has 1 aromatic rings. The Bertz CT molecular complexity index is 587. The molecule has 4 rings (SSSR count). The predicted octanol–water partition coefficient (Wildman–Crippen LogP) is 4.19. The van der Waals surface area contributed by atoms with Crippen LogP contribution in [0.4, 0.5) is 0 Å². The van der Waals surface area contributed by atoms with E-state index in [0.29, 0.717) is 12.0 Å². The highest BCUT2D eigenvalue weighted by molar-refractivity contribution is 5.94. The summed E-state index contributed by atoms with van der Waals surface area (Å²) in [5.41, 5.74) is 0.856. The minimum absolute atomic E-state index is 0.249. The largest absolute Gasteiger partial charge is 0.335 e. The lowest BCUT2D eigenvalue weighted by molar-refractivity contribution is -0.00697. The van der Waals surface area contributed by atoms with Gasteiger partial charge in [-0.1, -0.05) is 31.5 Å². The Morgan fingerprint density at radius 3 is 2.48 bits per heavy atom. The Labute approximate surface area is 152 Å². The maximum absolute atomic E-state index is 13.1. The van der Waals surface area contributed by atoms with Crippen molar-refractivity contribution in [3.8, 4) is 0 Å². The van der Waals surface area contributed by atoms with Crippen molar-refractivity contribution < 1.29 is 4.79 Å². The van der Waals surface area contributed by atoms with E-state index in [4.69, 9.17) is 0 Å². The van der Waals surface area contributed by atoms with Gasteiger partial charge in [-0.15, -0.1) is 0 Å². The van der Waals surface area contributed by atoms with E-state index in [0.717, 1.165) is 30.5 Å². The number of carbonyl (C=O) groups is 1. The fourth-order valence-electron chi connectivity index (χ4n) is 5.62. The fraction of sp³-hybridized carbons (Fsp3) is 0.682. The Balaban J connectivity index is 1.52. The number of hydrogen-bond acceptors (Lipinski definition) is 2. The van der Waals surface area contributed by atoms with Gasteiger partial charge >= 0.3 is 0 Å². The van der Waals surface area contributed by atoms with Crippen LogP contribution in [0.15, 0.2) is 30.3 Å². The first-order valence-corrected chi connectivity index (χ1v) is 10.3. The van der Waals surface area contributed by atoms with Crippen molar-refractivity contribution in [3.63, 3.8) is 0 Å². The van der Waals surface area contributed by atoms with Crippen LogP contribution < -0.4 is 0 Å². The second kappa shape index (κ2) is 7.49. The maximum atomic E-state index is 13.1. The molecule has 1 aromatic carbocycles. The molecular weight excluding hydrogens is 308 g/mol. The summed E-state index contributed by atoms with van der Waals surface area (Å²) in [5, 5.41) is 0. The second-order valence-electron chi connectivity index (χ2n) is 8.46. The first kappa shape index (κ1) is 17.1. The zero-order valence-electron chi connectivity index (χ0n) is 15.6. The SMILES string of the molecule is CC1CC(C2CCCCN2C(=O)c2ccccc2)CN2CCCCC12. The number of fused-ring (bicyclic) bond motifs is 1. The lowest BCUT2D eigenvalue weighted by atomic mass is 9.75. The average molecular weight is 341 g/mol. The highest BCUT2D eigenvalue weighted by Crippen LogP contribution is 2.38. The summed E-state index contributed by atoms with van der Waals surface area (Å²) in [5.74, 6) is 1.67. The molecule has 0 bridgehead atoms. The molecule has 0 aromatic heterocycles. The lowest BCUT2D eigenvalue weighted by Crippen LogP contribution is -2.57. The zero-order valence-corrected chi connectivity index (χ0v) is 15.6. The number of likely N-dealkylation sites (tertiary alicyclic amines) is 1. The third-order valence-electron chi connectivity index (χ3n) is 6.84. The number of hydrogen-bond donors (Lipinski definition) is 0. The summed E-state index contributed by atoms with van der Waals surface area (Å²) >= 11 is 0. The molecule has 3 fully saturated rings. The van der Waals surface area contributed by atoms with Gasteiger partial charge in [-0.05, 0) is 69.0 Å². The molecule has 4 atom stereocenters. The first-order chi connectivity index (χ1) is 12.2. The van der Waals surface area contributed by atoms with Crippen molar-refractivity contribution in [3.05, 3.63) is 35.9 Å². The van der Waals surface area contributed by atoms with Crippen molar-refractivity contribution in [2.45, 2.75) is 64.0 Å². The Hall–Kier alpha value is -1.35. The number of nitrogens with zero attached hydrogens (tertiary/aromatic N) is 2. The summed E-state index contributed by atoms with van der Waals surface area (Å²) in [6, 6.07) is 11.1. The van der Waals surface area contributed by atoms with Gasteiger partial charge in [0.25, 0.3) is 5.91 Å². The quantitative estimate of drug-likeness (QED) is 0.806. The van der Waals surface area contributed by atoms with Gasteiger partial charge in [-0.2, -0.15) is 0 Å². The number of carbonyl (C=O) groups excluding carboxylic acids is 1. The molecule has 3 heteroatoms. The van der Waals surface area contributed by atoms with Gasteiger partial charge in [-0.25, -0.2) is 0 Å². The monoisotopic (exact) mass is 340 g/mol. The molecule has 3 aliphatic rings. The Morgan fingerprint density at radius 2 is 1.68 bits per heavy atom. The highest BCUT2D eigenvalue weighted by atomic mass is 16.2. The number of piperidine rings is 3. The summed E-state index contributed by atoms with van der Waals surface area (Å²) < 4.78 is 0. The highest BCUT2D eigenvalue weighted by Gasteiger charge is 2.41. The fourth-order valence-corrected chi connectivity index (χ4v) is 5.62. The normalized spacial score (nSPS) is 33.7. The van der Waals surface area contributed by atoms with Crippen LogP contribution in [0, 0.1) is 11.8 Å². The molecule has 0 radical (unpaired) electrons. The molecule has 0 saturated carbocycles. The molecular formula is C22H32N2O. The van der Waals surface area contributed by atoms with E-state index >= 15 is 0 Å². The third-order valence-corrected chi connectivity index (χ3v) is 6.84. The van der Waals surface area contributed by atoms with Gasteiger partial charge in [0.1, 0.15) is 0 Å². The van der Waals surface area contributed by atoms with Gasteiger partial charge in [0.2, 0.25) is 0 Å². The van der Waals surface area contributed by atoms with Gasteiger partial charge in [0, 0.05) is 30.7 Å². The standard InChI is InChI=1S/C22H32N2O/c1-17-15-19(16-23-13-7-5-11-20(17)23)21-12-6-8-14-24(21)22(25)18-9-3-2-4-10-18/h2-4,9-10,17,19-21H,5-8,11-16H2,1H3. The van der Waals surface area contributed by atoms with E-state index < -0.39 is 0 Å². The van der Waals surface area contributed by atoms with E-state index in [9.17, 15) is 4.79 Å². The average Bonchev–Trinajstić information content (AvgIpc) is 2.68. The molecule has 3 heterocycles. The minimum atomic E-state index is 0.249. The van der Waals surface area contributed by atoms with Crippen LogP contribution in [-0.4, -0.2) is 47.4 Å². The molecule has 3 nitrogen and oxygen atoms in total. The van der Waals surface area contributed by atoms with Crippen LogP contribution >= 0.6 is 0 Å². The van der Waals surface area contributed by atoms with Crippen LogP contribution in [0.3, 0.4) is 0 Å². The number of benzene rings is 1.